The van der Waals surface area contributed by atoms with Gasteiger partial charge in [0.2, 0.25) is 0 Å². The van der Waals surface area contributed by atoms with Crippen LogP contribution in [0.1, 0.15) is 29.7 Å². The van der Waals surface area contributed by atoms with E-state index in [2.05, 4.69) is 0 Å². The quantitative estimate of drug-likeness (QED) is 0.187. The first-order valence-corrected chi connectivity index (χ1v) is 10.6. The Morgan fingerprint density at radius 3 is 2.15 bits per heavy atom. The summed E-state index contributed by atoms with van der Waals surface area (Å²) in [4.78, 5) is 38.1. The summed E-state index contributed by atoms with van der Waals surface area (Å²) in [5, 5.41) is 22.1. The van der Waals surface area contributed by atoms with Crippen LogP contribution < -0.4 is 9.64 Å². The van der Waals surface area contributed by atoms with Gasteiger partial charge in [-0.2, -0.15) is 0 Å². The predicted molar refractivity (Wildman–Crippen MR) is 127 cm³/mol. The van der Waals surface area contributed by atoms with E-state index in [-0.39, 0.29) is 16.8 Å². The fourth-order valence-corrected chi connectivity index (χ4v) is 3.99. The molecule has 34 heavy (non-hydrogen) atoms. The monoisotopic (exact) mass is 458 g/mol. The summed E-state index contributed by atoms with van der Waals surface area (Å²) >= 11 is 0. The molecule has 0 radical (unpaired) electrons. The highest BCUT2D eigenvalue weighted by molar-refractivity contribution is 6.51. The van der Waals surface area contributed by atoms with Crippen LogP contribution in [0.4, 0.5) is 11.4 Å². The van der Waals surface area contributed by atoms with Crippen molar-refractivity contribution in [1.29, 1.82) is 0 Å². The van der Waals surface area contributed by atoms with E-state index in [1.165, 1.54) is 36.3 Å². The van der Waals surface area contributed by atoms with Crippen molar-refractivity contribution in [1.82, 2.24) is 0 Å². The van der Waals surface area contributed by atoms with Gasteiger partial charge in [0.25, 0.3) is 17.4 Å². The fourth-order valence-electron chi connectivity index (χ4n) is 3.99. The molecule has 1 amide bonds. The number of ketones is 1. The number of rotatable bonds is 6. The number of carbonyl (C=O) groups excluding carboxylic acids is 2. The lowest BCUT2D eigenvalue weighted by molar-refractivity contribution is -0.384. The molecule has 1 aliphatic rings. The molecule has 8 heteroatoms. The number of methoxy groups -OCH3 is 1. The van der Waals surface area contributed by atoms with Crippen molar-refractivity contribution in [2.75, 3.05) is 12.0 Å². The summed E-state index contributed by atoms with van der Waals surface area (Å²) in [6.45, 7) is 2.02. The van der Waals surface area contributed by atoms with Gasteiger partial charge in [0.15, 0.2) is 0 Å². The highest BCUT2D eigenvalue weighted by atomic mass is 16.6. The second-order valence-electron chi connectivity index (χ2n) is 7.77. The minimum absolute atomic E-state index is 0.0939. The van der Waals surface area contributed by atoms with Gasteiger partial charge in [-0.05, 0) is 53.9 Å². The standard InChI is InChI=1S/C26H22N2O6/c1-3-16-4-10-19(11-5-16)27-23(17-8-14-21(34-2)15-9-17)22(25(30)26(27)31)24(29)18-6-12-20(13-7-18)28(32)33/h4-15,23,29H,3H2,1-2H3/b24-22-. The average molecular weight is 458 g/mol. The predicted octanol–water partition coefficient (Wildman–Crippen LogP) is 4.79. The number of nitro groups is 1. The lowest BCUT2D eigenvalue weighted by Crippen LogP contribution is -2.29. The van der Waals surface area contributed by atoms with Gasteiger partial charge in [0, 0.05) is 23.4 Å². The van der Waals surface area contributed by atoms with Crippen LogP contribution in [0.5, 0.6) is 5.75 Å². The van der Waals surface area contributed by atoms with Crippen molar-refractivity contribution in [3.8, 4) is 5.75 Å². The summed E-state index contributed by atoms with van der Waals surface area (Å²) in [6, 6.07) is 18.5. The zero-order valence-electron chi connectivity index (χ0n) is 18.6. The first-order chi connectivity index (χ1) is 16.3. The number of nitrogens with zero attached hydrogens (tertiary/aromatic N) is 2. The Balaban J connectivity index is 1.88. The van der Waals surface area contributed by atoms with Crippen LogP contribution in [-0.4, -0.2) is 28.8 Å². The largest absolute Gasteiger partial charge is 0.507 e. The number of ether oxygens (including phenoxy) is 1. The Bertz CT molecular complexity index is 1280. The molecule has 1 saturated heterocycles. The number of aliphatic hydroxyl groups is 1. The number of anilines is 1. The van der Waals surface area contributed by atoms with Gasteiger partial charge in [-0.15, -0.1) is 0 Å². The Kier molecular flexibility index (Phi) is 6.14. The molecule has 4 rings (SSSR count). The molecule has 0 aliphatic carbocycles. The third-order valence-corrected chi connectivity index (χ3v) is 5.85. The molecule has 1 fully saturated rings. The second kappa shape index (κ2) is 9.19. The van der Waals surface area contributed by atoms with E-state index < -0.39 is 28.4 Å². The number of Topliss-reactive ketones (excluding diaryl/α,β-unsaturated/α-hetero) is 1. The number of carbonyl (C=O) groups is 2. The summed E-state index contributed by atoms with van der Waals surface area (Å²) in [6.07, 6.45) is 0.821. The number of benzene rings is 3. The number of non-ortho nitro benzene ring substituents is 1. The van der Waals surface area contributed by atoms with Crippen molar-refractivity contribution >= 4 is 28.8 Å². The van der Waals surface area contributed by atoms with Crippen molar-refractivity contribution < 1.29 is 24.4 Å². The van der Waals surface area contributed by atoms with Gasteiger partial charge in [0.05, 0.1) is 23.6 Å². The Hall–Kier alpha value is -4.46. The van der Waals surface area contributed by atoms with Gasteiger partial charge >= 0.3 is 0 Å². The van der Waals surface area contributed by atoms with Crippen molar-refractivity contribution in [3.63, 3.8) is 0 Å². The molecule has 1 N–H and O–H groups in total. The molecule has 0 bridgehead atoms. The van der Waals surface area contributed by atoms with Gasteiger partial charge in [0.1, 0.15) is 11.5 Å². The van der Waals surface area contributed by atoms with E-state index in [1.54, 1.807) is 36.4 Å². The zero-order chi connectivity index (χ0) is 24.4. The molecule has 3 aromatic rings. The number of aryl methyl sites for hydroxylation is 1. The molecule has 172 valence electrons. The maximum atomic E-state index is 13.2. The Morgan fingerprint density at radius 1 is 1.00 bits per heavy atom. The van der Waals surface area contributed by atoms with Crippen LogP contribution in [0, 0.1) is 10.1 Å². The van der Waals surface area contributed by atoms with E-state index in [4.69, 9.17) is 4.74 Å². The van der Waals surface area contributed by atoms with Crippen LogP contribution >= 0.6 is 0 Å². The summed E-state index contributed by atoms with van der Waals surface area (Å²) < 4.78 is 5.22. The first kappa shape index (κ1) is 22.7. The topological polar surface area (TPSA) is 110 Å². The number of aliphatic hydroxyl groups excluding tert-OH is 1. The molecule has 1 heterocycles. The van der Waals surface area contributed by atoms with Gasteiger partial charge in [-0.3, -0.25) is 24.6 Å². The normalized spacial score (nSPS) is 17.1. The third-order valence-electron chi connectivity index (χ3n) is 5.85. The number of amides is 1. The summed E-state index contributed by atoms with van der Waals surface area (Å²) in [5.74, 6) is -1.41. The van der Waals surface area contributed by atoms with Crippen molar-refractivity contribution in [3.05, 3.63) is 105 Å². The van der Waals surface area contributed by atoms with E-state index in [0.717, 1.165) is 12.0 Å². The van der Waals surface area contributed by atoms with E-state index >= 15 is 0 Å². The highest BCUT2D eigenvalue weighted by Crippen LogP contribution is 2.42. The van der Waals surface area contributed by atoms with Crippen molar-refractivity contribution in [2.45, 2.75) is 19.4 Å². The second-order valence-corrected chi connectivity index (χ2v) is 7.77. The Labute approximate surface area is 195 Å². The van der Waals surface area contributed by atoms with Crippen molar-refractivity contribution in [2.24, 2.45) is 0 Å². The summed E-state index contributed by atoms with van der Waals surface area (Å²) in [5.41, 5.74) is 2.14. The number of hydrogen-bond donors (Lipinski definition) is 1. The van der Waals surface area contributed by atoms with Gasteiger partial charge < -0.3 is 9.84 Å². The molecule has 0 saturated carbocycles. The molecule has 1 atom stereocenters. The van der Waals surface area contributed by atoms with Crippen LogP contribution in [0.25, 0.3) is 5.76 Å². The van der Waals surface area contributed by atoms with Crippen LogP contribution in [0.15, 0.2) is 78.4 Å². The van der Waals surface area contributed by atoms with E-state index in [9.17, 15) is 24.8 Å². The average Bonchev–Trinajstić information content (AvgIpc) is 3.14. The van der Waals surface area contributed by atoms with Crippen LogP contribution in [0.3, 0.4) is 0 Å². The minimum atomic E-state index is -0.895. The Morgan fingerprint density at radius 2 is 1.62 bits per heavy atom. The molecule has 0 spiro atoms. The van der Waals surface area contributed by atoms with Gasteiger partial charge in [-0.1, -0.05) is 31.2 Å². The van der Waals surface area contributed by atoms with Crippen LogP contribution in [-0.2, 0) is 16.0 Å². The maximum Gasteiger partial charge on any atom is 0.300 e. The zero-order valence-corrected chi connectivity index (χ0v) is 18.6. The highest BCUT2D eigenvalue weighted by Gasteiger charge is 2.47. The molecule has 1 unspecified atom stereocenters. The number of hydrogen-bond acceptors (Lipinski definition) is 6. The fraction of sp³-hybridized carbons (Fsp3) is 0.154. The SMILES string of the molecule is CCc1ccc(N2C(=O)C(=O)/C(=C(\O)c3ccc([N+](=O)[O-])cc3)C2c2ccc(OC)cc2)cc1. The van der Waals surface area contributed by atoms with Gasteiger partial charge in [-0.25, -0.2) is 0 Å². The molecule has 3 aromatic carbocycles. The molecule has 1 aliphatic heterocycles. The van der Waals surface area contributed by atoms with E-state index in [1.807, 2.05) is 19.1 Å². The number of nitro benzene ring substituents is 1. The lowest BCUT2D eigenvalue weighted by atomic mass is 9.95. The van der Waals surface area contributed by atoms with E-state index in [0.29, 0.717) is 17.0 Å². The molecular weight excluding hydrogens is 436 g/mol. The maximum absolute atomic E-state index is 13.2. The molecule has 8 nitrogen and oxygen atoms in total. The molecule has 0 aromatic heterocycles. The molecular formula is C26H22N2O6. The minimum Gasteiger partial charge on any atom is -0.507 e. The van der Waals surface area contributed by atoms with Crippen LogP contribution in [0.2, 0.25) is 0 Å². The lowest BCUT2D eigenvalue weighted by Gasteiger charge is -2.25. The third kappa shape index (κ3) is 4.01. The smallest absolute Gasteiger partial charge is 0.300 e. The first-order valence-electron chi connectivity index (χ1n) is 10.6. The summed E-state index contributed by atoms with van der Waals surface area (Å²) in [7, 11) is 1.53.